The molecule has 0 spiro atoms. The maximum Gasteiger partial charge on any atom is 0.332 e. The van der Waals surface area contributed by atoms with E-state index in [0.717, 1.165) is 6.26 Å². The molecule has 0 aliphatic rings. The van der Waals surface area contributed by atoms with Gasteiger partial charge in [0.25, 0.3) is 0 Å². The summed E-state index contributed by atoms with van der Waals surface area (Å²) in [5.74, 6) is -1.49. The van der Waals surface area contributed by atoms with Gasteiger partial charge < -0.3 is 15.8 Å². The number of sulfone groups is 1. The van der Waals surface area contributed by atoms with Crippen molar-refractivity contribution in [3.8, 4) is 0 Å². The van der Waals surface area contributed by atoms with Crippen molar-refractivity contribution >= 4 is 21.7 Å². The molecule has 0 rings (SSSR count). The third kappa shape index (κ3) is 7.70. The Morgan fingerprint density at radius 1 is 1.41 bits per heavy atom. The molecule has 7 nitrogen and oxygen atoms in total. The van der Waals surface area contributed by atoms with Crippen molar-refractivity contribution in [3.05, 3.63) is 0 Å². The van der Waals surface area contributed by atoms with E-state index in [-0.39, 0.29) is 25.3 Å². The number of hydrogen-bond donors (Lipinski definition) is 2. The normalized spacial score (nSPS) is 12.9. The van der Waals surface area contributed by atoms with E-state index in [0.29, 0.717) is 0 Å². The number of carbonyl (C=O) groups excluding carboxylic acids is 2. The first-order chi connectivity index (χ1) is 7.78. The number of nitrogens with two attached hydrogens (primary N) is 1. The molecule has 0 heterocycles. The standard InChI is InChI=1S/C9H18N2O5S/c1-3-16-9(13)7(10)8(12)11-5-4-6-17(2,14)15/h7H,3-6,10H2,1-2H3,(H,11,12). The van der Waals surface area contributed by atoms with Gasteiger partial charge in [-0.25, -0.2) is 13.2 Å². The lowest BCUT2D eigenvalue weighted by Gasteiger charge is -2.10. The molecule has 3 N–H and O–H groups in total. The summed E-state index contributed by atoms with van der Waals surface area (Å²) in [7, 11) is -3.04. The lowest BCUT2D eigenvalue weighted by Crippen LogP contribution is -2.47. The number of nitrogens with one attached hydrogen (secondary N) is 1. The lowest BCUT2D eigenvalue weighted by molar-refractivity contribution is -0.147. The Morgan fingerprint density at radius 3 is 2.47 bits per heavy atom. The number of esters is 1. The number of carbonyl (C=O) groups is 2. The largest absolute Gasteiger partial charge is 0.464 e. The first kappa shape index (κ1) is 15.9. The predicted octanol–water partition coefficient (Wildman–Crippen LogP) is -1.57. The van der Waals surface area contributed by atoms with E-state index in [2.05, 4.69) is 10.1 Å². The van der Waals surface area contributed by atoms with Crippen molar-refractivity contribution in [2.24, 2.45) is 5.73 Å². The molecule has 17 heavy (non-hydrogen) atoms. The lowest BCUT2D eigenvalue weighted by atomic mass is 10.3. The Bertz CT molecular complexity index is 366. The zero-order valence-electron chi connectivity index (χ0n) is 9.93. The van der Waals surface area contributed by atoms with E-state index in [4.69, 9.17) is 5.73 Å². The second-order valence-electron chi connectivity index (χ2n) is 3.50. The molecule has 100 valence electrons. The number of amides is 1. The SMILES string of the molecule is CCOC(=O)C(N)C(=O)NCCCS(C)(=O)=O. The van der Waals surface area contributed by atoms with E-state index in [9.17, 15) is 18.0 Å². The van der Waals surface area contributed by atoms with Gasteiger partial charge in [-0.3, -0.25) is 4.79 Å². The predicted molar refractivity (Wildman–Crippen MR) is 61.9 cm³/mol. The minimum atomic E-state index is -3.04. The summed E-state index contributed by atoms with van der Waals surface area (Å²) in [5, 5.41) is 2.37. The van der Waals surface area contributed by atoms with Gasteiger partial charge in [0.15, 0.2) is 6.04 Å². The molecule has 0 radical (unpaired) electrons. The van der Waals surface area contributed by atoms with Crippen molar-refractivity contribution in [2.75, 3.05) is 25.2 Å². The Kier molecular flexibility index (Phi) is 6.74. The molecule has 0 aromatic carbocycles. The topological polar surface area (TPSA) is 116 Å². The van der Waals surface area contributed by atoms with Crippen molar-refractivity contribution < 1.29 is 22.7 Å². The van der Waals surface area contributed by atoms with Gasteiger partial charge in [-0.1, -0.05) is 0 Å². The fourth-order valence-corrected chi connectivity index (χ4v) is 1.66. The summed E-state index contributed by atoms with van der Waals surface area (Å²) in [4.78, 5) is 22.4. The molecule has 0 aromatic rings. The summed E-state index contributed by atoms with van der Waals surface area (Å²) >= 11 is 0. The highest BCUT2D eigenvalue weighted by molar-refractivity contribution is 7.90. The van der Waals surface area contributed by atoms with Crippen molar-refractivity contribution in [1.82, 2.24) is 5.32 Å². The first-order valence-corrected chi connectivity index (χ1v) is 7.21. The van der Waals surface area contributed by atoms with Crippen LogP contribution in [0.15, 0.2) is 0 Å². The molecule has 1 atom stereocenters. The quantitative estimate of drug-likeness (QED) is 0.327. The average molecular weight is 266 g/mol. The van der Waals surface area contributed by atoms with Gasteiger partial charge in [-0.05, 0) is 13.3 Å². The number of ether oxygens (including phenoxy) is 1. The van der Waals surface area contributed by atoms with Crippen LogP contribution in [0.2, 0.25) is 0 Å². The first-order valence-electron chi connectivity index (χ1n) is 5.15. The van der Waals surface area contributed by atoms with Crippen LogP contribution in [-0.2, 0) is 24.2 Å². The molecule has 0 aliphatic heterocycles. The van der Waals surface area contributed by atoms with Gasteiger partial charge in [-0.15, -0.1) is 0 Å². The van der Waals surface area contributed by atoms with Crippen LogP contribution in [0.4, 0.5) is 0 Å². The van der Waals surface area contributed by atoms with Crippen LogP contribution >= 0.6 is 0 Å². The smallest absolute Gasteiger partial charge is 0.332 e. The highest BCUT2D eigenvalue weighted by atomic mass is 32.2. The fraction of sp³-hybridized carbons (Fsp3) is 0.778. The average Bonchev–Trinajstić information content (AvgIpc) is 2.22. The van der Waals surface area contributed by atoms with Crippen LogP contribution in [0, 0.1) is 0 Å². The van der Waals surface area contributed by atoms with Crippen molar-refractivity contribution in [1.29, 1.82) is 0 Å². The molecule has 0 saturated heterocycles. The Hall–Kier alpha value is -1.15. The molecule has 0 bridgehead atoms. The molecule has 1 amide bonds. The maximum atomic E-state index is 11.3. The third-order valence-electron chi connectivity index (χ3n) is 1.81. The highest BCUT2D eigenvalue weighted by Crippen LogP contribution is 1.89. The van der Waals surface area contributed by atoms with Crippen LogP contribution < -0.4 is 11.1 Å². The van der Waals surface area contributed by atoms with Gasteiger partial charge in [0, 0.05) is 12.8 Å². The Balaban J connectivity index is 3.90. The minimum absolute atomic E-state index is 0.0259. The summed E-state index contributed by atoms with van der Waals surface area (Å²) in [6.07, 6.45) is 1.39. The van der Waals surface area contributed by atoms with Crippen LogP contribution in [0.1, 0.15) is 13.3 Å². The van der Waals surface area contributed by atoms with E-state index in [1.54, 1.807) is 6.92 Å². The van der Waals surface area contributed by atoms with E-state index >= 15 is 0 Å². The number of rotatable bonds is 7. The van der Waals surface area contributed by atoms with Crippen LogP contribution in [-0.4, -0.2) is 51.5 Å². The molecule has 0 aliphatic carbocycles. The second kappa shape index (κ2) is 7.23. The van der Waals surface area contributed by atoms with E-state index < -0.39 is 27.8 Å². The molecular formula is C9H18N2O5S. The summed E-state index contributed by atoms with van der Waals surface area (Å²) < 4.78 is 26.1. The van der Waals surface area contributed by atoms with Gasteiger partial charge in [0.05, 0.1) is 12.4 Å². The number of hydrogen-bond acceptors (Lipinski definition) is 6. The molecule has 0 aromatic heterocycles. The minimum Gasteiger partial charge on any atom is -0.464 e. The molecule has 8 heteroatoms. The van der Waals surface area contributed by atoms with Crippen LogP contribution in [0.25, 0.3) is 0 Å². The van der Waals surface area contributed by atoms with Gasteiger partial charge in [0.1, 0.15) is 9.84 Å². The van der Waals surface area contributed by atoms with Crippen molar-refractivity contribution in [2.45, 2.75) is 19.4 Å². The van der Waals surface area contributed by atoms with Gasteiger partial charge >= 0.3 is 5.97 Å². The van der Waals surface area contributed by atoms with E-state index in [1.807, 2.05) is 0 Å². The van der Waals surface area contributed by atoms with Crippen LogP contribution in [0.3, 0.4) is 0 Å². The van der Waals surface area contributed by atoms with Gasteiger partial charge in [-0.2, -0.15) is 0 Å². The fourth-order valence-electron chi connectivity index (χ4n) is 0.995. The maximum absolute atomic E-state index is 11.3. The summed E-state index contributed by atoms with van der Waals surface area (Å²) in [5.41, 5.74) is 5.31. The molecular weight excluding hydrogens is 248 g/mol. The molecule has 1 unspecified atom stereocenters. The monoisotopic (exact) mass is 266 g/mol. The summed E-state index contributed by atoms with van der Waals surface area (Å²) in [6, 6.07) is -1.37. The third-order valence-corrected chi connectivity index (χ3v) is 2.84. The molecule has 0 saturated carbocycles. The Morgan fingerprint density at radius 2 is 2.00 bits per heavy atom. The summed E-state index contributed by atoms with van der Waals surface area (Å²) in [6.45, 7) is 1.90. The van der Waals surface area contributed by atoms with Gasteiger partial charge in [0.2, 0.25) is 5.91 Å². The highest BCUT2D eigenvalue weighted by Gasteiger charge is 2.22. The van der Waals surface area contributed by atoms with Crippen LogP contribution in [0.5, 0.6) is 0 Å². The zero-order chi connectivity index (χ0) is 13.5. The Labute approximate surface area is 101 Å². The van der Waals surface area contributed by atoms with E-state index in [1.165, 1.54) is 0 Å². The molecule has 0 fully saturated rings. The van der Waals surface area contributed by atoms with Crippen molar-refractivity contribution in [3.63, 3.8) is 0 Å². The second-order valence-corrected chi connectivity index (χ2v) is 5.76. The zero-order valence-corrected chi connectivity index (χ0v) is 10.7.